The lowest BCUT2D eigenvalue weighted by Gasteiger charge is -2.35. The van der Waals surface area contributed by atoms with Gasteiger partial charge in [-0.1, -0.05) is 68.0 Å². The van der Waals surface area contributed by atoms with Gasteiger partial charge in [0, 0.05) is 39.3 Å². The molecule has 2 saturated heterocycles. The van der Waals surface area contributed by atoms with Gasteiger partial charge in [-0.2, -0.15) is 0 Å². The fourth-order valence-corrected chi connectivity index (χ4v) is 6.37. The van der Waals surface area contributed by atoms with Gasteiger partial charge in [-0.05, 0) is 24.8 Å². The predicted molar refractivity (Wildman–Crippen MR) is 138 cm³/mol. The fourth-order valence-electron chi connectivity index (χ4n) is 6.37. The van der Waals surface area contributed by atoms with E-state index in [-0.39, 0.29) is 24.3 Å². The molecule has 4 heterocycles. The molecule has 0 bridgehead atoms. The Bertz CT molecular complexity index is 1070. The van der Waals surface area contributed by atoms with Crippen LogP contribution in [-0.4, -0.2) is 88.1 Å². The van der Waals surface area contributed by atoms with E-state index >= 15 is 0 Å². The number of likely N-dealkylation sites (tertiary alicyclic amines) is 1. The van der Waals surface area contributed by atoms with Crippen molar-refractivity contribution in [1.82, 2.24) is 14.7 Å². The van der Waals surface area contributed by atoms with E-state index < -0.39 is 29.6 Å². The molecule has 0 aliphatic carbocycles. The number of amides is 3. The molecule has 4 aliphatic rings. The number of aliphatic hydroxyl groups excluding tert-OH is 1. The zero-order valence-electron chi connectivity index (χ0n) is 21.5. The first-order chi connectivity index (χ1) is 18.0. The molecule has 1 unspecified atom stereocenters. The van der Waals surface area contributed by atoms with Crippen LogP contribution in [0.5, 0.6) is 0 Å². The van der Waals surface area contributed by atoms with Crippen LogP contribution in [0.2, 0.25) is 0 Å². The van der Waals surface area contributed by atoms with Crippen LogP contribution in [-0.2, 0) is 25.7 Å². The number of carbonyl (C=O) groups excluding carboxylic acids is 3. The Kier molecular flexibility index (Phi) is 7.49. The number of rotatable bonds is 9. The molecule has 3 amide bonds. The van der Waals surface area contributed by atoms with Crippen molar-refractivity contribution in [3.8, 4) is 0 Å². The van der Waals surface area contributed by atoms with Crippen molar-refractivity contribution < 1.29 is 24.2 Å². The monoisotopic (exact) mass is 507 g/mol. The van der Waals surface area contributed by atoms with Crippen LogP contribution >= 0.6 is 0 Å². The van der Waals surface area contributed by atoms with Gasteiger partial charge in [-0.15, -0.1) is 0 Å². The maximum Gasteiger partial charge on any atom is 0.249 e. The third kappa shape index (κ3) is 4.50. The van der Waals surface area contributed by atoms with Crippen molar-refractivity contribution in [3.05, 3.63) is 60.2 Å². The summed E-state index contributed by atoms with van der Waals surface area (Å²) in [5.41, 5.74) is -0.159. The van der Waals surface area contributed by atoms with Crippen molar-refractivity contribution in [1.29, 1.82) is 0 Å². The van der Waals surface area contributed by atoms with Crippen LogP contribution < -0.4 is 0 Å². The smallest absolute Gasteiger partial charge is 0.249 e. The highest BCUT2D eigenvalue weighted by molar-refractivity contribution is 5.99. The number of ether oxygens (including phenoxy) is 1. The molecule has 2 fully saturated rings. The number of benzene rings is 1. The SMILES string of the molecule is CCCCN1CC=C[C@]23O[C@@H]4C=CCN(Cc5ccccc5)C(=O)[C@@H]4[C@H]2C(=O)N(CCCCO)C3C1=O. The van der Waals surface area contributed by atoms with E-state index in [4.69, 9.17) is 4.74 Å². The van der Waals surface area contributed by atoms with E-state index in [9.17, 15) is 19.5 Å². The fraction of sp³-hybridized carbons (Fsp3) is 0.552. The first-order valence-electron chi connectivity index (χ1n) is 13.6. The number of nitrogens with zero attached hydrogens (tertiary/aromatic N) is 3. The summed E-state index contributed by atoms with van der Waals surface area (Å²) >= 11 is 0. The molecule has 37 heavy (non-hydrogen) atoms. The van der Waals surface area contributed by atoms with Gasteiger partial charge in [-0.25, -0.2) is 0 Å². The van der Waals surface area contributed by atoms with E-state index in [1.807, 2.05) is 59.5 Å². The van der Waals surface area contributed by atoms with Gasteiger partial charge >= 0.3 is 0 Å². The van der Waals surface area contributed by atoms with Crippen LogP contribution in [0.25, 0.3) is 0 Å². The molecular formula is C29H37N3O5. The Balaban J connectivity index is 1.50. The highest BCUT2D eigenvalue weighted by Crippen LogP contribution is 2.53. The summed E-state index contributed by atoms with van der Waals surface area (Å²) in [4.78, 5) is 47.3. The van der Waals surface area contributed by atoms with Crippen molar-refractivity contribution >= 4 is 17.7 Å². The molecule has 5 atom stereocenters. The Morgan fingerprint density at radius 2 is 1.73 bits per heavy atom. The van der Waals surface area contributed by atoms with Crippen molar-refractivity contribution in [2.75, 3.05) is 32.8 Å². The standard InChI is InChI=1S/C29H37N3O5/c1-2-3-15-30-17-10-14-29-24(27(35)32(18-7-8-19-33)25(29)28(30)36)23-22(37-29)13-9-16-31(26(23)34)20-21-11-5-4-6-12-21/h4-6,9-14,22-25,33H,2-3,7-8,15-20H2,1H3/t22-,23+,24+,25?,29+/m1/s1. The molecule has 0 saturated carbocycles. The van der Waals surface area contributed by atoms with Gasteiger partial charge in [0.05, 0.1) is 17.9 Å². The maximum absolute atomic E-state index is 14.1. The minimum atomic E-state index is -1.18. The van der Waals surface area contributed by atoms with Gasteiger partial charge in [0.1, 0.15) is 11.6 Å². The molecule has 5 rings (SSSR count). The normalized spacial score (nSPS) is 30.9. The predicted octanol–water partition coefficient (Wildman–Crippen LogP) is 2.14. The van der Waals surface area contributed by atoms with Crippen LogP contribution in [0.4, 0.5) is 0 Å². The minimum absolute atomic E-state index is 0.0245. The molecular weight excluding hydrogens is 470 g/mol. The number of hydrogen-bond acceptors (Lipinski definition) is 5. The lowest BCUT2D eigenvalue weighted by molar-refractivity contribution is -0.148. The first-order valence-corrected chi connectivity index (χ1v) is 13.6. The van der Waals surface area contributed by atoms with E-state index in [1.165, 1.54) is 0 Å². The molecule has 1 aromatic rings. The Morgan fingerprint density at radius 3 is 2.49 bits per heavy atom. The van der Waals surface area contributed by atoms with Crippen molar-refractivity contribution in [3.63, 3.8) is 0 Å². The summed E-state index contributed by atoms with van der Waals surface area (Å²) in [6.07, 6.45) is 10.1. The third-order valence-electron chi connectivity index (χ3n) is 8.13. The van der Waals surface area contributed by atoms with Gasteiger partial charge in [0.2, 0.25) is 17.7 Å². The average molecular weight is 508 g/mol. The molecule has 0 radical (unpaired) electrons. The van der Waals surface area contributed by atoms with Gasteiger partial charge < -0.3 is 24.5 Å². The second-order valence-corrected chi connectivity index (χ2v) is 10.5. The Labute approximate surface area is 218 Å². The molecule has 1 N–H and O–H groups in total. The number of unbranched alkanes of at least 4 members (excludes halogenated alkanes) is 2. The molecule has 1 aromatic carbocycles. The highest BCUT2D eigenvalue weighted by atomic mass is 16.5. The maximum atomic E-state index is 14.1. The summed E-state index contributed by atoms with van der Waals surface area (Å²) in [6.45, 7) is 4.43. The third-order valence-corrected chi connectivity index (χ3v) is 8.13. The molecule has 8 nitrogen and oxygen atoms in total. The second-order valence-electron chi connectivity index (χ2n) is 10.5. The summed E-state index contributed by atoms with van der Waals surface area (Å²) in [7, 11) is 0. The number of aliphatic hydroxyl groups is 1. The van der Waals surface area contributed by atoms with Crippen molar-refractivity contribution in [2.24, 2.45) is 11.8 Å². The van der Waals surface area contributed by atoms with Gasteiger partial charge in [0.15, 0.2) is 0 Å². The lowest BCUT2D eigenvalue weighted by Crippen LogP contribution is -2.55. The first kappa shape index (κ1) is 25.7. The topological polar surface area (TPSA) is 90.4 Å². The molecule has 1 spiro atoms. The zero-order valence-corrected chi connectivity index (χ0v) is 21.5. The quantitative estimate of drug-likeness (QED) is 0.409. The number of fused-ring (bicyclic) bond motifs is 2. The van der Waals surface area contributed by atoms with Gasteiger partial charge in [0.25, 0.3) is 0 Å². The van der Waals surface area contributed by atoms with Crippen LogP contribution in [0.3, 0.4) is 0 Å². The van der Waals surface area contributed by atoms with E-state index in [1.54, 1.807) is 9.80 Å². The van der Waals surface area contributed by atoms with Crippen LogP contribution in [0.1, 0.15) is 38.2 Å². The summed E-state index contributed by atoms with van der Waals surface area (Å²) < 4.78 is 6.66. The van der Waals surface area contributed by atoms with E-state index in [0.717, 1.165) is 18.4 Å². The highest BCUT2D eigenvalue weighted by Gasteiger charge is 2.71. The second kappa shape index (κ2) is 10.8. The summed E-state index contributed by atoms with van der Waals surface area (Å²) in [5.74, 6) is -1.89. The molecule has 0 aromatic heterocycles. The summed E-state index contributed by atoms with van der Waals surface area (Å²) in [5, 5.41) is 9.33. The minimum Gasteiger partial charge on any atom is -0.396 e. The molecule has 8 heteroatoms. The van der Waals surface area contributed by atoms with Crippen molar-refractivity contribution in [2.45, 2.75) is 56.9 Å². The summed E-state index contributed by atoms with van der Waals surface area (Å²) in [6, 6.07) is 9.01. The largest absolute Gasteiger partial charge is 0.396 e. The average Bonchev–Trinajstić information content (AvgIpc) is 3.22. The number of carbonyl (C=O) groups is 3. The Morgan fingerprint density at radius 1 is 0.946 bits per heavy atom. The Hall–Kier alpha value is -2.97. The zero-order chi connectivity index (χ0) is 26.0. The lowest BCUT2D eigenvalue weighted by atomic mass is 9.77. The van der Waals surface area contributed by atoms with Crippen LogP contribution in [0, 0.1) is 11.8 Å². The van der Waals surface area contributed by atoms with E-state index in [2.05, 4.69) is 6.92 Å². The van der Waals surface area contributed by atoms with Crippen LogP contribution in [0.15, 0.2) is 54.6 Å². The molecule has 4 aliphatic heterocycles. The number of hydrogen-bond donors (Lipinski definition) is 1. The van der Waals surface area contributed by atoms with E-state index in [0.29, 0.717) is 45.6 Å². The van der Waals surface area contributed by atoms with Gasteiger partial charge in [-0.3, -0.25) is 14.4 Å². The molecule has 198 valence electrons.